The summed E-state index contributed by atoms with van der Waals surface area (Å²) in [5, 5.41) is 2.76. The van der Waals surface area contributed by atoms with Crippen molar-refractivity contribution in [2.24, 2.45) is 5.84 Å². The maximum atomic E-state index is 13.6. The molecule has 0 bridgehead atoms. The highest BCUT2D eigenvalue weighted by atomic mass is 127. The van der Waals surface area contributed by atoms with E-state index >= 15 is 0 Å². The topological polar surface area (TPSA) is 63.0 Å². The van der Waals surface area contributed by atoms with E-state index in [4.69, 9.17) is 5.84 Å². The van der Waals surface area contributed by atoms with E-state index in [0.29, 0.717) is 11.8 Å². The molecule has 0 atom stereocenters. The second-order valence-corrected chi connectivity index (χ2v) is 5.56. The van der Waals surface area contributed by atoms with E-state index in [1.807, 2.05) is 6.07 Å². The minimum Gasteiger partial charge on any atom is -0.338 e. The van der Waals surface area contributed by atoms with Gasteiger partial charge in [-0.05, 0) is 56.7 Å². The summed E-state index contributed by atoms with van der Waals surface area (Å²) in [7, 11) is 0. The summed E-state index contributed by atoms with van der Waals surface area (Å²) in [6, 6.07) is 6.08. The number of hydrazine groups is 1. The van der Waals surface area contributed by atoms with Crippen molar-refractivity contribution in [1.29, 1.82) is 0 Å². The maximum Gasteiger partial charge on any atom is 0.178 e. The van der Waals surface area contributed by atoms with Crippen LogP contribution in [-0.4, -0.2) is 4.98 Å². The van der Waals surface area contributed by atoms with Gasteiger partial charge in [-0.25, -0.2) is 19.6 Å². The Morgan fingerprint density at radius 1 is 1.16 bits per heavy atom. The molecule has 4 N–H and O–H groups in total. The smallest absolute Gasteiger partial charge is 0.178 e. The summed E-state index contributed by atoms with van der Waals surface area (Å²) in [6.07, 6.45) is 0. The molecule has 1 aromatic heterocycles. The fraction of sp³-hybridized carbons (Fsp3) is 0. The summed E-state index contributed by atoms with van der Waals surface area (Å²) in [4.78, 5) is 3.72. The van der Waals surface area contributed by atoms with Gasteiger partial charge in [0.2, 0.25) is 0 Å². The Bertz CT molecular complexity index is 624. The van der Waals surface area contributed by atoms with Gasteiger partial charge >= 0.3 is 0 Å². The molecule has 1 heterocycles. The van der Waals surface area contributed by atoms with Crippen molar-refractivity contribution < 1.29 is 8.78 Å². The van der Waals surface area contributed by atoms with Crippen molar-refractivity contribution in [2.75, 3.05) is 10.7 Å². The van der Waals surface area contributed by atoms with Gasteiger partial charge in [-0.1, -0.05) is 0 Å². The van der Waals surface area contributed by atoms with Crippen LogP contribution in [-0.2, 0) is 0 Å². The summed E-state index contributed by atoms with van der Waals surface area (Å²) < 4.78 is 28.7. The zero-order valence-electron chi connectivity index (χ0n) is 9.35. The first-order valence-electron chi connectivity index (χ1n) is 5.06. The first-order valence-corrected chi connectivity index (χ1v) is 6.93. The molecule has 8 heteroatoms. The first-order chi connectivity index (χ1) is 9.01. The second kappa shape index (κ2) is 5.97. The van der Waals surface area contributed by atoms with E-state index in [2.05, 4.69) is 54.2 Å². The van der Waals surface area contributed by atoms with Crippen LogP contribution < -0.4 is 16.6 Å². The van der Waals surface area contributed by atoms with Gasteiger partial charge in [0, 0.05) is 19.8 Å². The Hall–Kier alpha value is -1.00. The van der Waals surface area contributed by atoms with E-state index in [-0.39, 0.29) is 11.6 Å². The highest BCUT2D eigenvalue weighted by Crippen LogP contribution is 2.26. The number of nitrogens with two attached hydrogens (primary N) is 1. The Balaban J connectivity index is 2.34. The van der Waals surface area contributed by atoms with E-state index in [9.17, 15) is 8.78 Å². The molecule has 100 valence electrons. The summed E-state index contributed by atoms with van der Waals surface area (Å²) in [5.41, 5.74) is 2.68. The number of nitrogens with zero attached hydrogens (tertiary/aromatic N) is 1. The van der Waals surface area contributed by atoms with Gasteiger partial charge in [-0.2, -0.15) is 0 Å². The molecule has 0 aliphatic heterocycles. The Kier molecular flexibility index (Phi) is 4.53. The van der Waals surface area contributed by atoms with Crippen molar-refractivity contribution in [3.63, 3.8) is 0 Å². The van der Waals surface area contributed by atoms with Crippen molar-refractivity contribution in [3.8, 4) is 0 Å². The third kappa shape index (κ3) is 3.31. The van der Waals surface area contributed by atoms with Gasteiger partial charge in [0.25, 0.3) is 0 Å². The number of aromatic nitrogens is 1. The zero-order valence-corrected chi connectivity index (χ0v) is 13.1. The lowest BCUT2D eigenvalue weighted by molar-refractivity contribution is 0.579. The third-order valence-corrected chi connectivity index (χ3v) is 4.59. The van der Waals surface area contributed by atoms with Gasteiger partial charge in [0.15, 0.2) is 23.3 Å². The number of hydrogen-bond donors (Lipinski definition) is 3. The molecule has 2 aromatic rings. The van der Waals surface area contributed by atoms with Crippen LogP contribution in [0.15, 0.2) is 28.7 Å². The van der Waals surface area contributed by atoms with Crippen LogP contribution in [0.3, 0.4) is 0 Å². The van der Waals surface area contributed by atoms with Crippen LogP contribution in [0.1, 0.15) is 0 Å². The molecule has 0 aliphatic carbocycles. The van der Waals surface area contributed by atoms with Gasteiger partial charge in [-0.15, -0.1) is 0 Å². The fourth-order valence-electron chi connectivity index (χ4n) is 1.37. The van der Waals surface area contributed by atoms with Crippen LogP contribution >= 0.6 is 38.5 Å². The normalized spacial score (nSPS) is 10.4. The second-order valence-electron chi connectivity index (χ2n) is 3.55. The molecule has 1 aromatic carbocycles. The molecule has 0 saturated carbocycles. The highest BCUT2D eigenvalue weighted by Gasteiger charge is 2.11. The fourth-order valence-corrected chi connectivity index (χ4v) is 2.08. The van der Waals surface area contributed by atoms with Crippen LogP contribution in [0.2, 0.25) is 0 Å². The third-order valence-electron chi connectivity index (χ3n) is 2.25. The lowest BCUT2D eigenvalue weighted by Crippen LogP contribution is -2.12. The van der Waals surface area contributed by atoms with Gasteiger partial charge < -0.3 is 10.7 Å². The molecule has 4 nitrogen and oxygen atoms in total. The lowest BCUT2D eigenvalue weighted by atomic mass is 10.3. The average Bonchev–Trinajstić information content (AvgIpc) is 2.37. The van der Waals surface area contributed by atoms with Crippen LogP contribution in [0, 0.1) is 15.2 Å². The summed E-state index contributed by atoms with van der Waals surface area (Å²) in [5.74, 6) is 3.11. The maximum absolute atomic E-state index is 13.6. The number of pyridine rings is 1. The molecule has 0 radical (unpaired) electrons. The number of anilines is 3. The molecule has 0 spiro atoms. The van der Waals surface area contributed by atoms with Crippen molar-refractivity contribution in [2.45, 2.75) is 0 Å². The molecule has 0 fully saturated rings. The molecule has 0 aliphatic rings. The minimum atomic E-state index is -0.852. The number of hydrogen-bond acceptors (Lipinski definition) is 4. The van der Waals surface area contributed by atoms with Crippen molar-refractivity contribution in [3.05, 3.63) is 43.9 Å². The van der Waals surface area contributed by atoms with E-state index < -0.39 is 11.6 Å². The standard InChI is InChI=1S/C11H8BrF2IN4/c12-6-3-5(1-2-9(6)15)17-10-7(13)4-8(14)11(18-10)19-16/h1-4H,16H2,(H2,17,18,19). The minimum absolute atomic E-state index is 0.109. The highest BCUT2D eigenvalue weighted by molar-refractivity contribution is 14.1. The van der Waals surface area contributed by atoms with Crippen LogP contribution in [0.5, 0.6) is 0 Å². The molecular formula is C11H8BrF2IN4. The quantitative estimate of drug-likeness (QED) is 0.386. The number of nitrogen functional groups attached to an aromatic ring is 1. The number of nitrogens with one attached hydrogen (secondary N) is 2. The molecule has 2 rings (SSSR count). The molecule has 0 saturated heterocycles. The van der Waals surface area contributed by atoms with E-state index in [1.165, 1.54) is 0 Å². The van der Waals surface area contributed by atoms with Crippen molar-refractivity contribution >= 4 is 55.8 Å². The predicted octanol–water partition coefficient (Wildman–Crippen LogP) is 3.76. The van der Waals surface area contributed by atoms with Gasteiger partial charge in [-0.3, -0.25) is 0 Å². The molecule has 0 amide bonds. The summed E-state index contributed by atoms with van der Waals surface area (Å²) in [6.45, 7) is 0. The predicted molar refractivity (Wildman–Crippen MR) is 82.1 cm³/mol. The van der Waals surface area contributed by atoms with Crippen LogP contribution in [0.25, 0.3) is 0 Å². The SMILES string of the molecule is NNc1nc(Nc2ccc(I)c(Br)c2)c(F)cc1F. The van der Waals surface area contributed by atoms with Gasteiger partial charge in [0.1, 0.15) is 0 Å². The molecule has 0 unspecified atom stereocenters. The molecule has 19 heavy (non-hydrogen) atoms. The van der Waals surface area contributed by atoms with E-state index in [1.54, 1.807) is 12.1 Å². The van der Waals surface area contributed by atoms with Crippen LogP contribution in [0.4, 0.5) is 26.1 Å². The molecular weight excluding hydrogens is 433 g/mol. The largest absolute Gasteiger partial charge is 0.338 e. The number of halogens is 4. The number of benzene rings is 1. The first kappa shape index (κ1) is 14.4. The summed E-state index contributed by atoms with van der Waals surface area (Å²) >= 11 is 5.52. The Morgan fingerprint density at radius 3 is 2.47 bits per heavy atom. The monoisotopic (exact) mass is 440 g/mol. The Labute approximate surface area is 130 Å². The number of rotatable bonds is 3. The average molecular weight is 441 g/mol. The van der Waals surface area contributed by atoms with E-state index in [0.717, 1.165) is 8.04 Å². The van der Waals surface area contributed by atoms with Crippen molar-refractivity contribution in [1.82, 2.24) is 4.98 Å². The van der Waals surface area contributed by atoms with Gasteiger partial charge in [0.05, 0.1) is 0 Å². The zero-order chi connectivity index (χ0) is 14.0. The lowest BCUT2D eigenvalue weighted by Gasteiger charge is -2.10. The Morgan fingerprint density at radius 2 is 1.84 bits per heavy atom.